The summed E-state index contributed by atoms with van der Waals surface area (Å²) >= 11 is 0. The molecule has 2 aromatic carbocycles. The first kappa shape index (κ1) is 19.3. The van der Waals surface area contributed by atoms with Crippen LogP contribution in [0.3, 0.4) is 0 Å². The van der Waals surface area contributed by atoms with Crippen LogP contribution in [0.4, 0.5) is 14.5 Å². The molecule has 2 aromatic rings. The molecule has 27 heavy (non-hydrogen) atoms. The van der Waals surface area contributed by atoms with Gasteiger partial charge in [-0.3, -0.25) is 9.52 Å². The van der Waals surface area contributed by atoms with E-state index >= 15 is 0 Å². The zero-order chi connectivity index (χ0) is 19.8. The highest BCUT2D eigenvalue weighted by atomic mass is 32.2. The second-order valence-electron chi connectivity index (χ2n) is 7.02. The lowest BCUT2D eigenvalue weighted by Gasteiger charge is -2.19. The monoisotopic (exact) mass is 394 g/mol. The molecule has 1 aliphatic carbocycles. The van der Waals surface area contributed by atoms with Crippen molar-refractivity contribution in [2.75, 3.05) is 17.5 Å². The SMILES string of the molecule is CC1CC1(CNC(=O)c1ccc(NS(C)(=O)=O)cc1)c1ccc(F)cc1F. The maximum Gasteiger partial charge on any atom is 0.251 e. The lowest BCUT2D eigenvalue weighted by molar-refractivity contribution is 0.0949. The van der Waals surface area contributed by atoms with E-state index in [1.165, 1.54) is 36.4 Å². The summed E-state index contributed by atoms with van der Waals surface area (Å²) in [4.78, 5) is 12.4. The summed E-state index contributed by atoms with van der Waals surface area (Å²) in [5.74, 6) is -1.42. The van der Waals surface area contributed by atoms with Crippen molar-refractivity contribution in [3.05, 3.63) is 65.2 Å². The Kier molecular flexibility index (Phi) is 4.94. The van der Waals surface area contributed by atoms with E-state index in [2.05, 4.69) is 10.0 Å². The Morgan fingerprint density at radius 1 is 1.19 bits per heavy atom. The highest BCUT2D eigenvalue weighted by Gasteiger charge is 2.53. The van der Waals surface area contributed by atoms with Gasteiger partial charge in [0.1, 0.15) is 11.6 Å². The normalized spacial score (nSPS) is 21.6. The fourth-order valence-electron chi connectivity index (χ4n) is 3.34. The molecule has 5 nitrogen and oxygen atoms in total. The summed E-state index contributed by atoms with van der Waals surface area (Å²) in [6.45, 7) is 2.19. The average Bonchev–Trinajstić information content (AvgIpc) is 3.22. The van der Waals surface area contributed by atoms with Crippen LogP contribution in [0.1, 0.15) is 29.3 Å². The molecule has 0 saturated heterocycles. The van der Waals surface area contributed by atoms with Crippen molar-refractivity contribution in [1.29, 1.82) is 0 Å². The molecule has 2 unspecified atom stereocenters. The number of carbonyl (C=O) groups excluding carboxylic acids is 1. The third-order valence-electron chi connectivity index (χ3n) is 4.94. The molecule has 0 spiro atoms. The second kappa shape index (κ2) is 6.92. The first-order valence-corrected chi connectivity index (χ1v) is 10.3. The van der Waals surface area contributed by atoms with E-state index in [0.29, 0.717) is 23.2 Å². The molecule has 8 heteroatoms. The summed E-state index contributed by atoms with van der Waals surface area (Å²) in [6.07, 6.45) is 1.74. The molecule has 2 atom stereocenters. The lowest BCUT2D eigenvalue weighted by atomic mass is 9.92. The molecule has 0 aromatic heterocycles. The van der Waals surface area contributed by atoms with E-state index in [1.54, 1.807) is 0 Å². The second-order valence-corrected chi connectivity index (χ2v) is 8.77. The molecule has 1 saturated carbocycles. The van der Waals surface area contributed by atoms with Gasteiger partial charge in [-0.05, 0) is 48.2 Å². The van der Waals surface area contributed by atoms with Crippen LogP contribution in [0.5, 0.6) is 0 Å². The number of hydrogen-bond donors (Lipinski definition) is 2. The van der Waals surface area contributed by atoms with E-state index < -0.39 is 27.1 Å². The van der Waals surface area contributed by atoms with Gasteiger partial charge in [0.2, 0.25) is 10.0 Å². The van der Waals surface area contributed by atoms with E-state index in [0.717, 1.165) is 12.3 Å². The molecule has 144 valence electrons. The molecule has 1 aliphatic rings. The zero-order valence-corrected chi connectivity index (χ0v) is 15.7. The predicted octanol–water partition coefficient (Wildman–Crippen LogP) is 3.04. The first-order valence-electron chi connectivity index (χ1n) is 8.42. The van der Waals surface area contributed by atoms with Crippen molar-refractivity contribution in [3.63, 3.8) is 0 Å². The Labute approximate surface area is 156 Å². The number of sulfonamides is 1. The third-order valence-corrected chi connectivity index (χ3v) is 5.54. The number of hydrogen-bond acceptors (Lipinski definition) is 3. The third kappa shape index (κ3) is 4.27. The number of anilines is 1. The van der Waals surface area contributed by atoms with Crippen LogP contribution in [0.2, 0.25) is 0 Å². The van der Waals surface area contributed by atoms with Crippen molar-refractivity contribution in [2.24, 2.45) is 5.92 Å². The van der Waals surface area contributed by atoms with Crippen LogP contribution in [-0.4, -0.2) is 27.1 Å². The van der Waals surface area contributed by atoms with Gasteiger partial charge < -0.3 is 5.32 Å². The maximum absolute atomic E-state index is 14.2. The number of amides is 1. The van der Waals surface area contributed by atoms with Crippen molar-refractivity contribution in [3.8, 4) is 0 Å². The molecular weight excluding hydrogens is 374 g/mol. The fraction of sp³-hybridized carbons (Fsp3) is 0.316. The van der Waals surface area contributed by atoms with Gasteiger partial charge in [0.05, 0.1) is 6.26 Å². The molecule has 1 amide bonds. The minimum Gasteiger partial charge on any atom is -0.351 e. The van der Waals surface area contributed by atoms with E-state index in [4.69, 9.17) is 0 Å². The summed E-state index contributed by atoms with van der Waals surface area (Å²) in [5, 5.41) is 2.80. The highest BCUT2D eigenvalue weighted by molar-refractivity contribution is 7.92. The topological polar surface area (TPSA) is 75.3 Å². The summed E-state index contributed by atoms with van der Waals surface area (Å²) in [6, 6.07) is 9.51. The first-order chi connectivity index (χ1) is 12.6. The number of carbonyl (C=O) groups is 1. The maximum atomic E-state index is 14.2. The Balaban J connectivity index is 1.69. The highest BCUT2D eigenvalue weighted by Crippen LogP contribution is 2.54. The lowest BCUT2D eigenvalue weighted by Crippen LogP contribution is -2.33. The molecule has 1 fully saturated rings. The van der Waals surface area contributed by atoms with Gasteiger partial charge >= 0.3 is 0 Å². The predicted molar refractivity (Wildman–Crippen MR) is 99.1 cm³/mol. The summed E-state index contributed by atoms with van der Waals surface area (Å²) < 4.78 is 52.1. The van der Waals surface area contributed by atoms with Gasteiger partial charge in [0.25, 0.3) is 5.91 Å². The Hall–Kier alpha value is -2.48. The minimum absolute atomic E-state index is 0.166. The standard InChI is InChI=1S/C19H20F2N2O3S/c1-12-10-19(12,16-8-5-14(20)9-17(16)21)11-22-18(24)13-3-6-15(7-4-13)23-27(2,25)26/h3-9,12,23H,10-11H2,1-2H3,(H,22,24). The Bertz CT molecular complexity index is 977. The zero-order valence-electron chi connectivity index (χ0n) is 14.9. The van der Waals surface area contributed by atoms with Gasteiger partial charge in [0, 0.05) is 29.3 Å². The van der Waals surface area contributed by atoms with Crippen LogP contribution in [-0.2, 0) is 15.4 Å². The summed E-state index contributed by atoms with van der Waals surface area (Å²) in [7, 11) is -3.39. The Morgan fingerprint density at radius 3 is 2.33 bits per heavy atom. The average molecular weight is 394 g/mol. The molecular formula is C19H20F2N2O3S. The van der Waals surface area contributed by atoms with Crippen LogP contribution in [0.25, 0.3) is 0 Å². The van der Waals surface area contributed by atoms with Crippen LogP contribution in [0.15, 0.2) is 42.5 Å². The summed E-state index contributed by atoms with van der Waals surface area (Å²) in [5.41, 5.74) is 0.585. The van der Waals surface area contributed by atoms with Crippen LogP contribution >= 0.6 is 0 Å². The number of halogens is 2. The van der Waals surface area contributed by atoms with E-state index in [1.807, 2.05) is 6.92 Å². The van der Waals surface area contributed by atoms with Gasteiger partial charge in [-0.15, -0.1) is 0 Å². The van der Waals surface area contributed by atoms with Crippen molar-refractivity contribution in [2.45, 2.75) is 18.8 Å². The minimum atomic E-state index is -3.39. The largest absolute Gasteiger partial charge is 0.351 e. The molecule has 0 heterocycles. The Morgan fingerprint density at radius 2 is 1.81 bits per heavy atom. The fourth-order valence-corrected chi connectivity index (χ4v) is 3.91. The number of nitrogens with one attached hydrogen (secondary N) is 2. The van der Waals surface area contributed by atoms with Gasteiger partial charge in [-0.1, -0.05) is 13.0 Å². The van der Waals surface area contributed by atoms with E-state index in [9.17, 15) is 22.0 Å². The molecule has 0 bridgehead atoms. The van der Waals surface area contributed by atoms with Gasteiger partial charge in [-0.2, -0.15) is 0 Å². The van der Waals surface area contributed by atoms with Gasteiger partial charge in [0.15, 0.2) is 0 Å². The van der Waals surface area contributed by atoms with Gasteiger partial charge in [-0.25, -0.2) is 17.2 Å². The molecule has 0 aliphatic heterocycles. The molecule has 3 rings (SSSR count). The smallest absolute Gasteiger partial charge is 0.251 e. The van der Waals surface area contributed by atoms with Crippen molar-refractivity contribution >= 4 is 21.6 Å². The van der Waals surface area contributed by atoms with Crippen LogP contribution < -0.4 is 10.0 Å². The van der Waals surface area contributed by atoms with Crippen molar-refractivity contribution in [1.82, 2.24) is 5.32 Å². The number of rotatable bonds is 6. The number of benzene rings is 2. The van der Waals surface area contributed by atoms with Crippen molar-refractivity contribution < 1.29 is 22.0 Å². The molecule has 2 N–H and O–H groups in total. The van der Waals surface area contributed by atoms with E-state index in [-0.39, 0.29) is 18.4 Å². The molecule has 0 radical (unpaired) electrons. The van der Waals surface area contributed by atoms with Crippen LogP contribution in [0, 0.1) is 17.6 Å². The quantitative estimate of drug-likeness (QED) is 0.791.